The molecule has 2 nitrogen and oxygen atoms in total. The molecule has 0 heterocycles. The Morgan fingerprint density at radius 3 is 2.00 bits per heavy atom. The van der Waals surface area contributed by atoms with Crippen LogP contribution in [0.5, 0.6) is 0 Å². The van der Waals surface area contributed by atoms with E-state index in [1.807, 2.05) is 0 Å². The average Bonchev–Trinajstić information content (AvgIpc) is 2.73. The lowest BCUT2D eigenvalue weighted by Gasteiger charge is -2.47. The lowest BCUT2D eigenvalue weighted by molar-refractivity contribution is -0.0622. The SMILES string of the molecule is CCC1CCC(C(O)C2(N(C)C)CCCCCC2)CC1. The molecule has 0 spiro atoms. The number of aliphatic hydroxyl groups excluding tert-OH is 1. The van der Waals surface area contributed by atoms with Crippen molar-refractivity contribution in [2.24, 2.45) is 11.8 Å². The van der Waals surface area contributed by atoms with Gasteiger partial charge in [-0.05, 0) is 51.6 Å². The predicted molar refractivity (Wildman–Crippen MR) is 85.9 cm³/mol. The molecule has 2 heteroatoms. The zero-order chi connectivity index (χ0) is 14.6. The fourth-order valence-corrected chi connectivity index (χ4v) is 4.70. The summed E-state index contributed by atoms with van der Waals surface area (Å²) in [6.07, 6.45) is 14.0. The molecule has 2 fully saturated rings. The van der Waals surface area contributed by atoms with E-state index in [0.29, 0.717) is 5.92 Å². The van der Waals surface area contributed by atoms with Gasteiger partial charge in [0.15, 0.2) is 0 Å². The van der Waals surface area contributed by atoms with E-state index in [4.69, 9.17) is 0 Å². The molecule has 118 valence electrons. The van der Waals surface area contributed by atoms with Crippen LogP contribution in [0.15, 0.2) is 0 Å². The summed E-state index contributed by atoms with van der Waals surface area (Å²) < 4.78 is 0. The van der Waals surface area contributed by atoms with Gasteiger partial charge in [0.1, 0.15) is 0 Å². The lowest BCUT2D eigenvalue weighted by atomic mass is 9.70. The van der Waals surface area contributed by atoms with Gasteiger partial charge in [0, 0.05) is 5.54 Å². The normalized spacial score (nSPS) is 32.9. The van der Waals surface area contributed by atoms with E-state index in [1.165, 1.54) is 70.6 Å². The molecule has 0 saturated heterocycles. The molecule has 0 aromatic carbocycles. The van der Waals surface area contributed by atoms with Crippen LogP contribution in [0.3, 0.4) is 0 Å². The van der Waals surface area contributed by atoms with Crippen LogP contribution in [0.4, 0.5) is 0 Å². The summed E-state index contributed by atoms with van der Waals surface area (Å²) in [6.45, 7) is 2.31. The minimum Gasteiger partial charge on any atom is -0.391 e. The van der Waals surface area contributed by atoms with Gasteiger partial charge in [-0.15, -0.1) is 0 Å². The van der Waals surface area contributed by atoms with E-state index < -0.39 is 0 Å². The van der Waals surface area contributed by atoms with Gasteiger partial charge in [-0.2, -0.15) is 0 Å². The molecule has 0 aliphatic heterocycles. The van der Waals surface area contributed by atoms with Crippen molar-refractivity contribution in [2.75, 3.05) is 14.1 Å². The number of rotatable bonds is 4. The van der Waals surface area contributed by atoms with Gasteiger partial charge in [0.05, 0.1) is 6.10 Å². The molecule has 1 atom stereocenters. The minimum atomic E-state index is -0.117. The van der Waals surface area contributed by atoms with Gasteiger partial charge in [-0.3, -0.25) is 0 Å². The number of nitrogens with zero attached hydrogens (tertiary/aromatic N) is 1. The first-order chi connectivity index (χ1) is 9.60. The van der Waals surface area contributed by atoms with Gasteiger partial charge >= 0.3 is 0 Å². The second-order valence-electron chi connectivity index (χ2n) is 7.55. The highest BCUT2D eigenvalue weighted by Crippen LogP contribution is 2.41. The highest BCUT2D eigenvalue weighted by molar-refractivity contribution is 4.99. The maximum absolute atomic E-state index is 11.2. The fraction of sp³-hybridized carbons (Fsp3) is 1.00. The Balaban J connectivity index is 2.05. The average molecular weight is 281 g/mol. The molecule has 1 unspecified atom stereocenters. The van der Waals surface area contributed by atoms with Crippen molar-refractivity contribution < 1.29 is 5.11 Å². The van der Waals surface area contributed by atoms with Crippen molar-refractivity contribution in [3.8, 4) is 0 Å². The second kappa shape index (κ2) is 7.26. The summed E-state index contributed by atoms with van der Waals surface area (Å²) in [4.78, 5) is 2.36. The Kier molecular flexibility index (Phi) is 5.92. The van der Waals surface area contributed by atoms with Crippen molar-refractivity contribution >= 4 is 0 Å². The van der Waals surface area contributed by atoms with Crippen LogP contribution in [-0.4, -0.2) is 35.7 Å². The van der Waals surface area contributed by atoms with E-state index in [-0.39, 0.29) is 11.6 Å². The largest absolute Gasteiger partial charge is 0.391 e. The van der Waals surface area contributed by atoms with E-state index in [2.05, 4.69) is 25.9 Å². The third kappa shape index (κ3) is 3.39. The van der Waals surface area contributed by atoms with Gasteiger partial charge in [-0.25, -0.2) is 0 Å². The third-order valence-corrected chi connectivity index (χ3v) is 6.33. The van der Waals surface area contributed by atoms with E-state index in [9.17, 15) is 5.11 Å². The summed E-state index contributed by atoms with van der Waals surface area (Å²) >= 11 is 0. The van der Waals surface area contributed by atoms with Crippen molar-refractivity contribution in [1.82, 2.24) is 4.90 Å². The zero-order valence-electron chi connectivity index (χ0n) is 13.9. The van der Waals surface area contributed by atoms with Crippen LogP contribution < -0.4 is 0 Å². The third-order valence-electron chi connectivity index (χ3n) is 6.33. The smallest absolute Gasteiger partial charge is 0.0751 e. The zero-order valence-corrected chi connectivity index (χ0v) is 13.9. The van der Waals surface area contributed by atoms with Gasteiger partial charge in [0.25, 0.3) is 0 Å². The molecule has 0 aromatic heterocycles. The highest BCUT2D eigenvalue weighted by Gasteiger charge is 2.44. The van der Waals surface area contributed by atoms with Crippen molar-refractivity contribution in [3.63, 3.8) is 0 Å². The van der Waals surface area contributed by atoms with E-state index >= 15 is 0 Å². The van der Waals surface area contributed by atoms with E-state index in [1.54, 1.807) is 0 Å². The molecule has 0 aromatic rings. The van der Waals surface area contributed by atoms with Crippen molar-refractivity contribution in [3.05, 3.63) is 0 Å². The van der Waals surface area contributed by atoms with Crippen molar-refractivity contribution in [2.45, 2.75) is 89.2 Å². The minimum absolute atomic E-state index is 0.0558. The molecule has 1 N–H and O–H groups in total. The fourth-order valence-electron chi connectivity index (χ4n) is 4.70. The van der Waals surface area contributed by atoms with Gasteiger partial charge in [-0.1, -0.05) is 51.9 Å². The Labute approximate surface area is 125 Å². The summed E-state index contributed by atoms with van der Waals surface area (Å²) in [5.74, 6) is 1.46. The summed E-state index contributed by atoms with van der Waals surface area (Å²) in [5, 5.41) is 11.2. The topological polar surface area (TPSA) is 23.5 Å². The first-order valence-electron chi connectivity index (χ1n) is 8.95. The number of hydrogen-bond acceptors (Lipinski definition) is 2. The number of aliphatic hydroxyl groups is 1. The number of likely N-dealkylation sites (N-methyl/N-ethyl adjacent to an activating group) is 1. The Morgan fingerprint density at radius 2 is 1.55 bits per heavy atom. The molecule has 0 amide bonds. The molecule has 2 aliphatic carbocycles. The van der Waals surface area contributed by atoms with Crippen LogP contribution in [0.1, 0.15) is 77.6 Å². The van der Waals surface area contributed by atoms with Crippen LogP contribution in [0, 0.1) is 11.8 Å². The summed E-state index contributed by atoms with van der Waals surface area (Å²) in [6, 6.07) is 0. The van der Waals surface area contributed by atoms with Crippen LogP contribution in [-0.2, 0) is 0 Å². The standard InChI is InChI=1S/C18H35NO/c1-4-15-9-11-16(12-10-15)17(20)18(19(2)3)13-7-5-6-8-14-18/h15-17,20H,4-14H2,1-3H3. The van der Waals surface area contributed by atoms with Crippen LogP contribution >= 0.6 is 0 Å². The van der Waals surface area contributed by atoms with Crippen LogP contribution in [0.25, 0.3) is 0 Å². The van der Waals surface area contributed by atoms with Gasteiger partial charge in [0.2, 0.25) is 0 Å². The van der Waals surface area contributed by atoms with Crippen LogP contribution in [0.2, 0.25) is 0 Å². The molecule has 2 saturated carbocycles. The van der Waals surface area contributed by atoms with Gasteiger partial charge < -0.3 is 10.0 Å². The molecule has 0 bridgehead atoms. The molecule has 20 heavy (non-hydrogen) atoms. The maximum atomic E-state index is 11.2. The quantitative estimate of drug-likeness (QED) is 0.780. The monoisotopic (exact) mass is 281 g/mol. The molecule has 0 radical (unpaired) electrons. The van der Waals surface area contributed by atoms with Crippen molar-refractivity contribution in [1.29, 1.82) is 0 Å². The first-order valence-corrected chi connectivity index (χ1v) is 8.95. The highest BCUT2D eigenvalue weighted by atomic mass is 16.3. The summed E-state index contributed by atoms with van der Waals surface area (Å²) in [5.41, 5.74) is 0.0558. The van der Waals surface area contributed by atoms with E-state index in [0.717, 1.165) is 5.92 Å². The first kappa shape index (κ1) is 16.3. The predicted octanol–water partition coefficient (Wildman–Crippen LogP) is 4.22. The Morgan fingerprint density at radius 1 is 1.00 bits per heavy atom. The molecular formula is C18H35NO. The maximum Gasteiger partial charge on any atom is 0.0751 e. The Hall–Kier alpha value is -0.0800. The Bertz CT molecular complexity index is 273. The number of hydrogen-bond donors (Lipinski definition) is 1. The molecule has 2 aliphatic rings. The molecule has 2 rings (SSSR count). The lowest BCUT2D eigenvalue weighted by Crippen LogP contribution is -2.56. The second-order valence-corrected chi connectivity index (χ2v) is 7.55. The molecular weight excluding hydrogens is 246 g/mol. The summed E-state index contributed by atoms with van der Waals surface area (Å²) in [7, 11) is 4.37.